The molecule has 1 aliphatic heterocycles. The highest BCUT2D eigenvalue weighted by Gasteiger charge is 2.38. The number of hydrogen-bond donors (Lipinski definition) is 1. The fourth-order valence-corrected chi connectivity index (χ4v) is 2.29. The summed E-state index contributed by atoms with van der Waals surface area (Å²) in [5.41, 5.74) is 7.95. The highest BCUT2D eigenvalue weighted by Crippen LogP contribution is 2.32. The van der Waals surface area contributed by atoms with Crippen LogP contribution in [0.25, 0.3) is 0 Å². The molecule has 0 bridgehead atoms. The number of anilines is 1. The molecule has 1 saturated heterocycles. The molecule has 2 N–H and O–H groups in total. The molecule has 0 amide bonds. The summed E-state index contributed by atoms with van der Waals surface area (Å²) in [7, 11) is 0. The monoisotopic (exact) mass is 215 g/mol. The Morgan fingerprint density at radius 1 is 1.38 bits per heavy atom. The summed E-state index contributed by atoms with van der Waals surface area (Å²) in [5, 5.41) is 8.75. The quantitative estimate of drug-likeness (QED) is 0.778. The Hall–Kier alpha value is -1.53. The van der Waals surface area contributed by atoms with Crippen molar-refractivity contribution in [3.63, 3.8) is 0 Å². The molecule has 1 fully saturated rings. The van der Waals surface area contributed by atoms with Crippen LogP contribution in [-0.4, -0.2) is 18.1 Å². The Kier molecular flexibility index (Phi) is 2.61. The first-order valence-electron chi connectivity index (χ1n) is 5.59. The molecular formula is C13H17N3. The number of rotatable bonds is 1. The number of nitrogens with zero attached hydrogens (tertiary/aromatic N) is 2. The third kappa shape index (κ3) is 1.66. The Morgan fingerprint density at radius 3 is 2.44 bits per heavy atom. The Bertz CT molecular complexity index is 414. The molecule has 16 heavy (non-hydrogen) atoms. The SMILES string of the molecule is CC1(C)C(N)CCN1c1ccc(C#N)cc1. The van der Waals surface area contributed by atoms with E-state index in [1.54, 1.807) is 0 Å². The first-order valence-corrected chi connectivity index (χ1v) is 5.59. The zero-order valence-corrected chi connectivity index (χ0v) is 9.77. The van der Waals surface area contributed by atoms with Crippen molar-refractivity contribution in [2.24, 2.45) is 5.73 Å². The van der Waals surface area contributed by atoms with E-state index >= 15 is 0 Å². The maximum absolute atomic E-state index is 8.75. The van der Waals surface area contributed by atoms with Crippen molar-refractivity contribution in [2.75, 3.05) is 11.4 Å². The summed E-state index contributed by atoms with van der Waals surface area (Å²) in [6.45, 7) is 5.33. The van der Waals surface area contributed by atoms with Gasteiger partial charge < -0.3 is 10.6 Å². The van der Waals surface area contributed by atoms with E-state index in [0.717, 1.165) is 18.7 Å². The molecule has 0 radical (unpaired) electrons. The van der Waals surface area contributed by atoms with Gasteiger partial charge in [0.15, 0.2) is 0 Å². The fraction of sp³-hybridized carbons (Fsp3) is 0.462. The van der Waals surface area contributed by atoms with E-state index in [1.165, 1.54) is 0 Å². The summed E-state index contributed by atoms with van der Waals surface area (Å²) in [5.74, 6) is 0. The van der Waals surface area contributed by atoms with Crippen LogP contribution < -0.4 is 10.6 Å². The van der Waals surface area contributed by atoms with Gasteiger partial charge in [0.1, 0.15) is 0 Å². The van der Waals surface area contributed by atoms with Gasteiger partial charge in [-0.1, -0.05) is 0 Å². The molecule has 1 aromatic carbocycles. The maximum Gasteiger partial charge on any atom is 0.0991 e. The molecule has 0 spiro atoms. The van der Waals surface area contributed by atoms with Crippen molar-refractivity contribution >= 4 is 5.69 Å². The number of nitriles is 1. The Labute approximate surface area is 96.5 Å². The average Bonchev–Trinajstić information content (AvgIpc) is 2.54. The van der Waals surface area contributed by atoms with E-state index in [4.69, 9.17) is 11.0 Å². The molecule has 0 aromatic heterocycles. The van der Waals surface area contributed by atoms with Crippen molar-refractivity contribution in [2.45, 2.75) is 31.8 Å². The zero-order chi connectivity index (χ0) is 11.8. The van der Waals surface area contributed by atoms with Crippen molar-refractivity contribution < 1.29 is 0 Å². The van der Waals surface area contributed by atoms with Gasteiger partial charge in [0.2, 0.25) is 0 Å². The smallest absolute Gasteiger partial charge is 0.0991 e. The second-order valence-electron chi connectivity index (χ2n) is 4.86. The summed E-state index contributed by atoms with van der Waals surface area (Å²) in [4.78, 5) is 2.32. The van der Waals surface area contributed by atoms with Gasteiger partial charge in [0, 0.05) is 23.8 Å². The standard InChI is InChI=1S/C13H17N3/c1-13(2)12(15)7-8-16(13)11-5-3-10(9-14)4-6-11/h3-6,12H,7-8,15H2,1-2H3. The third-order valence-electron chi connectivity index (χ3n) is 3.57. The second kappa shape index (κ2) is 3.80. The number of benzene rings is 1. The van der Waals surface area contributed by atoms with E-state index in [-0.39, 0.29) is 11.6 Å². The maximum atomic E-state index is 8.75. The highest BCUT2D eigenvalue weighted by atomic mass is 15.2. The minimum absolute atomic E-state index is 0.00579. The summed E-state index contributed by atoms with van der Waals surface area (Å²) < 4.78 is 0. The molecule has 2 rings (SSSR count). The molecule has 3 nitrogen and oxygen atoms in total. The van der Waals surface area contributed by atoms with Crippen LogP contribution in [0.4, 0.5) is 5.69 Å². The lowest BCUT2D eigenvalue weighted by atomic mass is 9.96. The van der Waals surface area contributed by atoms with Gasteiger partial charge in [-0.05, 0) is 44.5 Å². The molecule has 1 aromatic rings. The van der Waals surface area contributed by atoms with Crippen LogP contribution in [0, 0.1) is 11.3 Å². The molecule has 1 heterocycles. The molecule has 0 aliphatic carbocycles. The van der Waals surface area contributed by atoms with E-state index in [2.05, 4.69) is 24.8 Å². The molecule has 84 valence electrons. The van der Waals surface area contributed by atoms with Gasteiger partial charge in [-0.2, -0.15) is 5.26 Å². The van der Waals surface area contributed by atoms with Crippen molar-refractivity contribution in [3.05, 3.63) is 29.8 Å². The van der Waals surface area contributed by atoms with Crippen LogP contribution in [0.2, 0.25) is 0 Å². The third-order valence-corrected chi connectivity index (χ3v) is 3.57. The Balaban J connectivity index is 2.28. The fourth-order valence-electron chi connectivity index (χ4n) is 2.29. The average molecular weight is 215 g/mol. The topological polar surface area (TPSA) is 53.0 Å². The first-order chi connectivity index (χ1) is 7.55. The largest absolute Gasteiger partial charge is 0.365 e. The van der Waals surface area contributed by atoms with Gasteiger partial charge in [-0.3, -0.25) is 0 Å². The number of nitrogens with two attached hydrogens (primary N) is 1. The summed E-state index contributed by atoms with van der Waals surface area (Å²) >= 11 is 0. The van der Waals surface area contributed by atoms with Gasteiger partial charge >= 0.3 is 0 Å². The first kappa shape index (κ1) is 11.0. The molecule has 1 atom stereocenters. The minimum atomic E-state index is -0.00579. The van der Waals surface area contributed by atoms with E-state index in [9.17, 15) is 0 Å². The second-order valence-corrected chi connectivity index (χ2v) is 4.86. The van der Waals surface area contributed by atoms with Crippen LogP contribution in [-0.2, 0) is 0 Å². The van der Waals surface area contributed by atoms with Crippen LogP contribution in [0.5, 0.6) is 0 Å². The lowest BCUT2D eigenvalue weighted by Gasteiger charge is -2.36. The summed E-state index contributed by atoms with van der Waals surface area (Å²) in [6, 6.07) is 10.1. The van der Waals surface area contributed by atoms with Gasteiger partial charge in [0.05, 0.1) is 11.6 Å². The minimum Gasteiger partial charge on any atom is -0.365 e. The number of hydrogen-bond acceptors (Lipinski definition) is 3. The van der Waals surface area contributed by atoms with Crippen LogP contribution in [0.1, 0.15) is 25.8 Å². The lowest BCUT2D eigenvalue weighted by Crippen LogP contribution is -2.48. The van der Waals surface area contributed by atoms with Gasteiger partial charge in [-0.25, -0.2) is 0 Å². The predicted octanol–water partition coefficient (Wildman–Crippen LogP) is 1.87. The van der Waals surface area contributed by atoms with Crippen LogP contribution in [0.15, 0.2) is 24.3 Å². The van der Waals surface area contributed by atoms with Crippen molar-refractivity contribution in [3.8, 4) is 6.07 Å². The normalized spacial score (nSPS) is 23.1. The molecular weight excluding hydrogens is 198 g/mol. The van der Waals surface area contributed by atoms with E-state index < -0.39 is 0 Å². The van der Waals surface area contributed by atoms with Crippen molar-refractivity contribution in [1.82, 2.24) is 0 Å². The highest BCUT2D eigenvalue weighted by molar-refractivity contribution is 5.53. The molecule has 1 aliphatic rings. The zero-order valence-electron chi connectivity index (χ0n) is 9.77. The van der Waals surface area contributed by atoms with E-state index in [1.807, 2.05) is 24.3 Å². The van der Waals surface area contributed by atoms with Gasteiger partial charge in [0.25, 0.3) is 0 Å². The van der Waals surface area contributed by atoms with Crippen LogP contribution in [0.3, 0.4) is 0 Å². The molecule has 0 saturated carbocycles. The molecule has 1 unspecified atom stereocenters. The lowest BCUT2D eigenvalue weighted by molar-refractivity contribution is 0.453. The van der Waals surface area contributed by atoms with Crippen LogP contribution >= 0.6 is 0 Å². The molecule has 3 heteroatoms. The van der Waals surface area contributed by atoms with Gasteiger partial charge in [-0.15, -0.1) is 0 Å². The summed E-state index contributed by atoms with van der Waals surface area (Å²) in [6.07, 6.45) is 1.02. The predicted molar refractivity (Wildman–Crippen MR) is 65.2 cm³/mol. The Morgan fingerprint density at radius 2 is 2.00 bits per heavy atom. The van der Waals surface area contributed by atoms with Crippen molar-refractivity contribution in [1.29, 1.82) is 5.26 Å². The van der Waals surface area contributed by atoms with E-state index in [0.29, 0.717) is 5.56 Å².